The zero-order chi connectivity index (χ0) is 14.9. The van der Waals surface area contributed by atoms with Crippen molar-refractivity contribution in [3.05, 3.63) is 22.4 Å². The first-order chi connectivity index (χ1) is 9.45. The van der Waals surface area contributed by atoms with Gasteiger partial charge in [-0.25, -0.2) is 18.4 Å². The molecule has 0 aliphatic rings. The Hall–Kier alpha value is -1.79. The minimum absolute atomic E-state index is 0.0357. The molecule has 0 unspecified atom stereocenters. The fourth-order valence-electron chi connectivity index (χ4n) is 2.21. The average Bonchev–Trinajstić information content (AvgIpc) is 2.75. The van der Waals surface area contributed by atoms with Crippen LogP contribution in [0.4, 0.5) is 8.78 Å². The summed E-state index contributed by atoms with van der Waals surface area (Å²) in [5.41, 5.74) is 0.0346. The Bertz CT molecular complexity index is 660. The van der Waals surface area contributed by atoms with Crippen LogP contribution in [0.15, 0.2) is 11.0 Å². The molecule has 0 spiro atoms. The van der Waals surface area contributed by atoms with Crippen molar-refractivity contribution in [1.82, 2.24) is 19.3 Å². The van der Waals surface area contributed by atoms with Gasteiger partial charge in [-0.3, -0.25) is 9.36 Å². The Morgan fingerprint density at radius 2 is 2.05 bits per heavy atom. The van der Waals surface area contributed by atoms with Crippen molar-refractivity contribution >= 4 is 11.0 Å². The lowest BCUT2D eigenvalue weighted by Crippen LogP contribution is -2.26. The van der Waals surface area contributed by atoms with E-state index in [0.29, 0.717) is 17.8 Å². The third-order valence-corrected chi connectivity index (χ3v) is 3.06. The molecular formula is C13H18F2N4O. The monoisotopic (exact) mass is 284 g/mol. The van der Waals surface area contributed by atoms with E-state index in [4.69, 9.17) is 0 Å². The molecule has 0 fully saturated rings. The van der Waals surface area contributed by atoms with Crippen LogP contribution in [0.25, 0.3) is 11.0 Å². The summed E-state index contributed by atoms with van der Waals surface area (Å²) in [6, 6.07) is 0. The summed E-state index contributed by atoms with van der Waals surface area (Å²) in [6.45, 7) is 5.84. The number of alkyl halides is 2. The van der Waals surface area contributed by atoms with Gasteiger partial charge in [-0.2, -0.15) is 5.10 Å². The van der Waals surface area contributed by atoms with Crippen molar-refractivity contribution in [3.63, 3.8) is 0 Å². The van der Waals surface area contributed by atoms with Crippen molar-refractivity contribution in [2.24, 2.45) is 0 Å². The molecule has 5 nitrogen and oxygen atoms in total. The van der Waals surface area contributed by atoms with Gasteiger partial charge in [-0.1, -0.05) is 20.8 Å². The van der Waals surface area contributed by atoms with Crippen LogP contribution >= 0.6 is 0 Å². The molecule has 0 bridgehead atoms. The summed E-state index contributed by atoms with van der Waals surface area (Å²) < 4.78 is 27.7. The van der Waals surface area contributed by atoms with Crippen molar-refractivity contribution in [1.29, 1.82) is 0 Å². The first kappa shape index (κ1) is 14.6. The van der Waals surface area contributed by atoms with E-state index in [0.717, 1.165) is 11.1 Å². The molecule has 2 aromatic rings. The predicted molar refractivity (Wildman–Crippen MR) is 72.2 cm³/mol. The molecule has 0 saturated heterocycles. The van der Waals surface area contributed by atoms with E-state index >= 15 is 0 Å². The fraction of sp³-hybridized carbons (Fsp3) is 0.615. The number of hydrogen-bond donors (Lipinski definition) is 0. The molecule has 0 aliphatic carbocycles. The molecule has 0 aliphatic heterocycles. The largest absolute Gasteiger partial charge is 0.296 e. The van der Waals surface area contributed by atoms with Gasteiger partial charge in [0.1, 0.15) is 17.8 Å². The number of aromatic nitrogens is 4. The molecule has 2 rings (SSSR count). The van der Waals surface area contributed by atoms with E-state index in [1.807, 2.05) is 20.8 Å². The second kappa shape index (κ2) is 5.68. The van der Waals surface area contributed by atoms with E-state index in [1.165, 1.54) is 6.20 Å². The van der Waals surface area contributed by atoms with Gasteiger partial charge in [0.05, 0.1) is 6.20 Å². The molecule has 110 valence electrons. The highest BCUT2D eigenvalue weighted by molar-refractivity contribution is 5.73. The maximum Gasteiger partial charge on any atom is 0.264 e. The van der Waals surface area contributed by atoms with Gasteiger partial charge in [0, 0.05) is 12.5 Å². The number of rotatable bonds is 5. The van der Waals surface area contributed by atoms with E-state index < -0.39 is 13.0 Å². The van der Waals surface area contributed by atoms with Gasteiger partial charge in [0.2, 0.25) is 0 Å². The smallest absolute Gasteiger partial charge is 0.264 e. The number of nitrogens with zero attached hydrogens (tertiary/aromatic N) is 4. The zero-order valence-electron chi connectivity index (χ0n) is 11.8. The van der Waals surface area contributed by atoms with Crippen molar-refractivity contribution in [2.45, 2.75) is 52.6 Å². The van der Waals surface area contributed by atoms with Crippen LogP contribution in [0, 0.1) is 0 Å². The van der Waals surface area contributed by atoms with Crippen LogP contribution in [0.2, 0.25) is 0 Å². The molecule has 0 amide bonds. The normalized spacial score (nSPS) is 11.9. The Morgan fingerprint density at radius 3 is 2.60 bits per heavy atom. The second-order valence-electron chi connectivity index (χ2n) is 5.04. The van der Waals surface area contributed by atoms with Gasteiger partial charge in [-0.05, 0) is 6.42 Å². The number of hydrogen-bond acceptors (Lipinski definition) is 3. The Kier molecular flexibility index (Phi) is 4.15. The predicted octanol–water partition coefficient (Wildman–Crippen LogP) is 2.39. The summed E-state index contributed by atoms with van der Waals surface area (Å²) in [5.74, 6) is 0.647. The van der Waals surface area contributed by atoms with Gasteiger partial charge in [0.25, 0.3) is 12.0 Å². The topological polar surface area (TPSA) is 52.7 Å². The molecule has 20 heavy (non-hydrogen) atoms. The molecule has 2 heterocycles. The summed E-state index contributed by atoms with van der Waals surface area (Å²) in [4.78, 5) is 16.8. The number of fused-ring (bicyclic) bond motifs is 1. The van der Waals surface area contributed by atoms with Crippen molar-refractivity contribution < 1.29 is 8.78 Å². The second-order valence-corrected chi connectivity index (χ2v) is 5.04. The lowest BCUT2D eigenvalue weighted by atomic mass is 10.2. The van der Waals surface area contributed by atoms with E-state index in [-0.39, 0.29) is 17.1 Å². The highest BCUT2D eigenvalue weighted by Crippen LogP contribution is 2.16. The Balaban J connectivity index is 2.68. The quantitative estimate of drug-likeness (QED) is 0.847. The Morgan fingerprint density at radius 1 is 1.35 bits per heavy atom. The van der Waals surface area contributed by atoms with Gasteiger partial charge in [0.15, 0.2) is 5.65 Å². The van der Waals surface area contributed by atoms with Crippen LogP contribution in [0.5, 0.6) is 0 Å². The van der Waals surface area contributed by atoms with Gasteiger partial charge in [-0.15, -0.1) is 0 Å². The molecule has 0 atom stereocenters. The van der Waals surface area contributed by atoms with Crippen LogP contribution in [-0.2, 0) is 13.1 Å². The summed E-state index contributed by atoms with van der Waals surface area (Å²) in [6.07, 6.45) is -0.401. The summed E-state index contributed by atoms with van der Waals surface area (Å²) >= 11 is 0. The zero-order valence-corrected chi connectivity index (χ0v) is 11.8. The summed E-state index contributed by atoms with van der Waals surface area (Å²) in [5, 5.41) is 4.15. The lowest BCUT2D eigenvalue weighted by molar-refractivity contribution is 0.123. The van der Waals surface area contributed by atoms with Crippen LogP contribution in [-0.4, -0.2) is 25.8 Å². The average molecular weight is 284 g/mol. The molecule has 0 saturated carbocycles. The molecule has 0 aromatic carbocycles. The Labute approximate surface area is 115 Å². The number of halogens is 2. The van der Waals surface area contributed by atoms with Gasteiger partial charge < -0.3 is 0 Å². The van der Waals surface area contributed by atoms with Crippen LogP contribution in [0.3, 0.4) is 0 Å². The third-order valence-electron chi connectivity index (χ3n) is 3.06. The van der Waals surface area contributed by atoms with Crippen LogP contribution < -0.4 is 5.56 Å². The highest BCUT2D eigenvalue weighted by Gasteiger charge is 2.18. The molecular weight excluding hydrogens is 266 g/mol. The third kappa shape index (κ3) is 2.57. The lowest BCUT2D eigenvalue weighted by Gasteiger charge is -2.14. The van der Waals surface area contributed by atoms with E-state index in [2.05, 4.69) is 10.1 Å². The minimum atomic E-state index is -2.53. The molecule has 0 N–H and O–H groups in total. The standard InChI is InChI=1S/C13H18F2N4O/c1-4-5-18-11(8(2)3)17-12-9(13(18)20)6-16-19(12)7-10(14)15/h6,8,10H,4-5,7H2,1-3H3. The van der Waals surface area contributed by atoms with Crippen molar-refractivity contribution in [3.8, 4) is 0 Å². The molecule has 7 heteroatoms. The molecule has 2 aromatic heterocycles. The first-order valence-corrected chi connectivity index (χ1v) is 6.70. The maximum absolute atomic E-state index is 12.5. The fourth-order valence-corrected chi connectivity index (χ4v) is 2.21. The van der Waals surface area contributed by atoms with E-state index in [1.54, 1.807) is 4.57 Å². The summed E-state index contributed by atoms with van der Waals surface area (Å²) in [7, 11) is 0. The minimum Gasteiger partial charge on any atom is -0.296 e. The van der Waals surface area contributed by atoms with Crippen molar-refractivity contribution in [2.75, 3.05) is 0 Å². The maximum atomic E-state index is 12.5. The van der Waals surface area contributed by atoms with Crippen LogP contribution in [0.1, 0.15) is 38.9 Å². The first-order valence-electron chi connectivity index (χ1n) is 6.70. The van der Waals surface area contributed by atoms with Gasteiger partial charge >= 0.3 is 0 Å². The highest BCUT2D eigenvalue weighted by atomic mass is 19.3. The SMILES string of the molecule is CCCn1c(C(C)C)nc2c(cnn2CC(F)F)c1=O. The molecule has 0 radical (unpaired) electrons. The van der Waals surface area contributed by atoms with E-state index in [9.17, 15) is 13.6 Å².